The van der Waals surface area contributed by atoms with Gasteiger partial charge >= 0.3 is 0 Å². The summed E-state index contributed by atoms with van der Waals surface area (Å²) >= 11 is 1.94. The molecule has 0 aromatic heterocycles. The first-order chi connectivity index (χ1) is 7.74. The Morgan fingerprint density at radius 1 is 1.50 bits per heavy atom. The lowest BCUT2D eigenvalue weighted by Gasteiger charge is -2.36. The molecule has 16 heavy (non-hydrogen) atoms. The van der Waals surface area contributed by atoms with Crippen LogP contribution in [0.1, 0.15) is 18.4 Å². The van der Waals surface area contributed by atoms with Crippen molar-refractivity contribution in [3.05, 3.63) is 23.8 Å². The maximum Gasteiger partial charge on any atom is 0.0534 e. The Labute approximate surface area is 102 Å². The van der Waals surface area contributed by atoms with Crippen molar-refractivity contribution in [2.24, 2.45) is 0 Å². The first kappa shape index (κ1) is 11.8. The average Bonchev–Trinajstić information content (AvgIpc) is 2.28. The van der Waals surface area contributed by atoms with Crippen LogP contribution in [0.3, 0.4) is 0 Å². The van der Waals surface area contributed by atoms with E-state index in [0.717, 1.165) is 18.6 Å². The van der Waals surface area contributed by atoms with Crippen molar-refractivity contribution in [3.63, 3.8) is 0 Å². The SMILES string of the molecule is Cc1cccc2c1N(C)C(CCCO)CS2. The number of nitrogens with zero attached hydrogens (tertiary/aromatic N) is 1. The van der Waals surface area contributed by atoms with E-state index in [0.29, 0.717) is 12.6 Å². The first-order valence-corrected chi connectivity index (χ1v) is 6.78. The van der Waals surface area contributed by atoms with Crippen molar-refractivity contribution in [3.8, 4) is 0 Å². The normalized spacial score (nSPS) is 19.7. The van der Waals surface area contributed by atoms with E-state index in [1.54, 1.807) is 0 Å². The van der Waals surface area contributed by atoms with E-state index in [1.165, 1.54) is 16.1 Å². The van der Waals surface area contributed by atoms with Gasteiger partial charge in [-0.2, -0.15) is 0 Å². The third kappa shape index (κ3) is 2.20. The molecule has 1 aliphatic rings. The number of benzene rings is 1. The standard InChI is InChI=1S/C13H19NOS/c1-10-5-3-7-12-13(10)14(2)11(9-16-12)6-4-8-15/h3,5,7,11,15H,4,6,8-9H2,1-2H3. The molecule has 1 aliphatic heterocycles. The van der Waals surface area contributed by atoms with Gasteiger partial charge in [-0.25, -0.2) is 0 Å². The first-order valence-electron chi connectivity index (χ1n) is 5.80. The van der Waals surface area contributed by atoms with E-state index >= 15 is 0 Å². The summed E-state index contributed by atoms with van der Waals surface area (Å²) in [6, 6.07) is 7.06. The van der Waals surface area contributed by atoms with E-state index in [-0.39, 0.29) is 0 Å². The van der Waals surface area contributed by atoms with Crippen molar-refractivity contribution < 1.29 is 5.11 Å². The van der Waals surface area contributed by atoms with Crippen LogP contribution in [-0.4, -0.2) is 30.6 Å². The molecule has 1 N–H and O–H groups in total. The van der Waals surface area contributed by atoms with Gasteiger partial charge in [0.15, 0.2) is 0 Å². The summed E-state index contributed by atoms with van der Waals surface area (Å²) in [5.41, 5.74) is 2.72. The molecule has 1 heterocycles. The molecule has 0 radical (unpaired) electrons. The number of para-hydroxylation sites is 1. The highest BCUT2D eigenvalue weighted by atomic mass is 32.2. The van der Waals surface area contributed by atoms with Gasteiger partial charge in [0.1, 0.15) is 0 Å². The third-order valence-electron chi connectivity index (χ3n) is 3.23. The Morgan fingerprint density at radius 3 is 3.06 bits per heavy atom. The number of aryl methyl sites for hydroxylation is 1. The molecule has 1 atom stereocenters. The predicted octanol–water partition coefficient (Wildman–Crippen LogP) is 2.68. The van der Waals surface area contributed by atoms with Crippen molar-refractivity contribution in [2.75, 3.05) is 24.3 Å². The molecule has 1 unspecified atom stereocenters. The summed E-state index contributed by atoms with van der Waals surface area (Å²) in [6.45, 7) is 2.47. The molecule has 0 spiro atoms. The topological polar surface area (TPSA) is 23.5 Å². The van der Waals surface area contributed by atoms with Crippen LogP contribution in [0.15, 0.2) is 23.1 Å². The average molecular weight is 237 g/mol. The highest BCUT2D eigenvalue weighted by molar-refractivity contribution is 7.99. The number of aliphatic hydroxyl groups excluding tert-OH is 1. The molecule has 2 nitrogen and oxygen atoms in total. The minimum absolute atomic E-state index is 0.301. The van der Waals surface area contributed by atoms with Crippen LogP contribution in [0.2, 0.25) is 0 Å². The molecule has 0 amide bonds. The van der Waals surface area contributed by atoms with E-state index in [2.05, 4.69) is 37.1 Å². The molecule has 1 aromatic carbocycles. The van der Waals surface area contributed by atoms with Crippen molar-refractivity contribution in [1.29, 1.82) is 0 Å². The van der Waals surface area contributed by atoms with Gasteiger partial charge in [0.25, 0.3) is 0 Å². The summed E-state index contributed by atoms with van der Waals surface area (Å²) < 4.78 is 0. The molecule has 0 bridgehead atoms. The zero-order valence-electron chi connectivity index (χ0n) is 9.94. The monoisotopic (exact) mass is 237 g/mol. The van der Waals surface area contributed by atoms with Gasteiger partial charge in [-0.05, 0) is 31.4 Å². The van der Waals surface area contributed by atoms with Gasteiger partial charge < -0.3 is 10.0 Å². The molecule has 0 saturated carbocycles. The van der Waals surface area contributed by atoms with Crippen LogP contribution in [0.4, 0.5) is 5.69 Å². The Bertz CT molecular complexity index is 367. The van der Waals surface area contributed by atoms with Gasteiger partial charge in [0.05, 0.1) is 5.69 Å². The van der Waals surface area contributed by atoms with Crippen LogP contribution >= 0.6 is 11.8 Å². The predicted molar refractivity (Wildman–Crippen MR) is 70.4 cm³/mol. The Hall–Kier alpha value is -0.670. The van der Waals surface area contributed by atoms with E-state index in [1.807, 2.05) is 11.8 Å². The third-order valence-corrected chi connectivity index (χ3v) is 4.42. The number of anilines is 1. The molecular formula is C13H19NOS. The fourth-order valence-corrected chi connectivity index (χ4v) is 3.66. The molecular weight excluding hydrogens is 218 g/mol. The van der Waals surface area contributed by atoms with E-state index in [4.69, 9.17) is 5.11 Å². The second-order valence-electron chi connectivity index (χ2n) is 4.36. The summed E-state index contributed by atoms with van der Waals surface area (Å²) in [6.07, 6.45) is 1.98. The summed E-state index contributed by atoms with van der Waals surface area (Å²) in [7, 11) is 2.17. The lowest BCUT2D eigenvalue weighted by molar-refractivity contribution is 0.280. The lowest BCUT2D eigenvalue weighted by atomic mass is 10.1. The number of hydrogen-bond acceptors (Lipinski definition) is 3. The molecule has 0 saturated heterocycles. The minimum Gasteiger partial charge on any atom is -0.396 e. The van der Waals surface area contributed by atoms with Gasteiger partial charge in [-0.1, -0.05) is 12.1 Å². The summed E-state index contributed by atoms with van der Waals surface area (Å²) in [5.74, 6) is 1.13. The maximum absolute atomic E-state index is 8.91. The molecule has 2 rings (SSSR count). The molecule has 0 fully saturated rings. The fraction of sp³-hybridized carbons (Fsp3) is 0.538. The smallest absolute Gasteiger partial charge is 0.0534 e. The quantitative estimate of drug-likeness (QED) is 0.874. The maximum atomic E-state index is 8.91. The number of aliphatic hydroxyl groups is 1. The van der Waals surface area contributed by atoms with Crippen LogP contribution in [0.25, 0.3) is 0 Å². The Morgan fingerprint density at radius 2 is 2.31 bits per heavy atom. The van der Waals surface area contributed by atoms with Crippen molar-refractivity contribution in [2.45, 2.75) is 30.7 Å². The minimum atomic E-state index is 0.301. The van der Waals surface area contributed by atoms with Gasteiger partial charge in [-0.15, -0.1) is 11.8 Å². The second-order valence-corrected chi connectivity index (χ2v) is 5.43. The highest BCUT2D eigenvalue weighted by Crippen LogP contribution is 2.39. The van der Waals surface area contributed by atoms with Crippen LogP contribution < -0.4 is 4.90 Å². The van der Waals surface area contributed by atoms with E-state index < -0.39 is 0 Å². The Balaban J connectivity index is 2.20. The molecule has 88 valence electrons. The van der Waals surface area contributed by atoms with Gasteiger partial charge in [0, 0.05) is 30.3 Å². The van der Waals surface area contributed by atoms with Gasteiger partial charge in [0.2, 0.25) is 0 Å². The van der Waals surface area contributed by atoms with Crippen molar-refractivity contribution >= 4 is 17.4 Å². The van der Waals surface area contributed by atoms with Crippen molar-refractivity contribution in [1.82, 2.24) is 0 Å². The summed E-state index contributed by atoms with van der Waals surface area (Å²) in [4.78, 5) is 3.78. The highest BCUT2D eigenvalue weighted by Gasteiger charge is 2.24. The number of rotatable bonds is 3. The van der Waals surface area contributed by atoms with Crippen LogP contribution in [0, 0.1) is 6.92 Å². The number of hydrogen-bond donors (Lipinski definition) is 1. The molecule has 3 heteroatoms. The van der Waals surface area contributed by atoms with E-state index in [9.17, 15) is 0 Å². The van der Waals surface area contributed by atoms with Gasteiger partial charge in [-0.3, -0.25) is 0 Å². The number of fused-ring (bicyclic) bond motifs is 1. The zero-order valence-corrected chi connectivity index (χ0v) is 10.8. The molecule has 1 aromatic rings. The Kier molecular flexibility index (Phi) is 3.77. The zero-order chi connectivity index (χ0) is 11.5. The molecule has 0 aliphatic carbocycles. The van der Waals surface area contributed by atoms with Crippen LogP contribution in [-0.2, 0) is 0 Å². The number of thioether (sulfide) groups is 1. The fourth-order valence-electron chi connectivity index (χ4n) is 2.28. The largest absolute Gasteiger partial charge is 0.396 e. The second kappa shape index (κ2) is 5.11. The summed E-state index contributed by atoms with van der Waals surface area (Å²) in [5, 5.41) is 8.91. The van der Waals surface area contributed by atoms with Crippen LogP contribution in [0.5, 0.6) is 0 Å². The lowest BCUT2D eigenvalue weighted by Crippen LogP contribution is -2.37.